The molecule has 0 aromatic carbocycles. The van der Waals surface area contributed by atoms with Gasteiger partial charge in [-0.15, -0.1) is 0 Å². The molecule has 1 atom stereocenters. The Bertz CT molecular complexity index is 334. The third-order valence-electron chi connectivity index (χ3n) is 2.20. The van der Waals surface area contributed by atoms with Gasteiger partial charge in [-0.2, -0.15) is 0 Å². The maximum atomic E-state index is 10.6. The van der Waals surface area contributed by atoms with Crippen LogP contribution in [0.4, 0.5) is 5.82 Å². The minimum Gasteiger partial charge on any atom is -0.358 e. The SMILES string of the molecule is CNC(C)Cc1c([N+](=O)[O-])ncn1C. The van der Waals surface area contributed by atoms with Gasteiger partial charge in [0.2, 0.25) is 6.33 Å². The lowest BCUT2D eigenvalue weighted by Crippen LogP contribution is -2.24. The number of nitrogens with one attached hydrogen (secondary N) is 1. The van der Waals surface area contributed by atoms with Crippen molar-refractivity contribution in [2.45, 2.75) is 19.4 Å². The Labute approximate surface area is 82.1 Å². The third kappa shape index (κ3) is 2.08. The molecule has 6 heteroatoms. The highest BCUT2D eigenvalue weighted by atomic mass is 16.6. The highest BCUT2D eigenvalue weighted by Gasteiger charge is 2.20. The summed E-state index contributed by atoms with van der Waals surface area (Å²) in [6.07, 6.45) is 2.07. The second-order valence-corrected chi connectivity index (χ2v) is 3.28. The van der Waals surface area contributed by atoms with Gasteiger partial charge in [-0.05, 0) is 23.9 Å². The molecule has 0 saturated heterocycles. The summed E-state index contributed by atoms with van der Waals surface area (Å²) in [5, 5.41) is 13.6. The quantitative estimate of drug-likeness (QED) is 0.564. The predicted octanol–water partition coefficient (Wildman–Crippen LogP) is 0.479. The molecule has 0 bridgehead atoms. The van der Waals surface area contributed by atoms with Crippen molar-refractivity contribution in [1.82, 2.24) is 14.9 Å². The fourth-order valence-corrected chi connectivity index (χ4v) is 1.22. The Kier molecular flexibility index (Phi) is 3.19. The van der Waals surface area contributed by atoms with Crippen molar-refractivity contribution in [2.75, 3.05) is 7.05 Å². The second kappa shape index (κ2) is 4.19. The third-order valence-corrected chi connectivity index (χ3v) is 2.20. The predicted molar refractivity (Wildman–Crippen MR) is 52.1 cm³/mol. The van der Waals surface area contributed by atoms with Crippen molar-refractivity contribution in [3.05, 3.63) is 22.1 Å². The van der Waals surface area contributed by atoms with E-state index in [-0.39, 0.29) is 11.9 Å². The van der Waals surface area contributed by atoms with E-state index in [1.165, 1.54) is 6.33 Å². The molecule has 1 heterocycles. The summed E-state index contributed by atoms with van der Waals surface area (Å²) in [4.78, 5) is 13.9. The maximum Gasteiger partial charge on any atom is 0.384 e. The summed E-state index contributed by atoms with van der Waals surface area (Å²) in [6.45, 7) is 1.97. The number of nitro groups is 1. The first-order valence-electron chi connectivity index (χ1n) is 4.38. The summed E-state index contributed by atoms with van der Waals surface area (Å²) >= 11 is 0. The zero-order valence-corrected chi connectivity index (χ0v) is 8.52. The van der Waals surface area contributed by atoms with E-state index in [1.54, 1.807) is 11.6 Å². The first kappa shape index (κ1) is 10.6. The van der Waals surface area contributed by atoms with Crippen molar-refractivity contribution in [2.24, 2.45) is 7.05 Å². The summed E-state index contributed by atoms with van der Waals surface area (Å²) in [7, 11) is 3.59. The molecular formula is C8H14N4O2. The zero-order chi connectivity index (χ0) is 10.7. The van der Waals surface area contributed by atoms with Gasteiger partial charge in [-0.25, -0.2) is 0 Å². The summed E-state index contributed by atoms with van der Waals surface area (Å²) in [5.41, 5.74) is 0.650. The maximum absolute atomic E-state index is 10.6. The Morgan fingerprint density at radius 1 is 1.79 bits per heavy atom. The number of nitrogens with zero attached hydrogens (tertiary/aromatic N) is 3. The molecule has 0 amide bonds. The van der Waals surface area contributed by atoms with Crippen LogP contribution in [0.3, 0.4) is 0 Å². The van der Waals surface area contributed by atoms with Crippen LogP contribution in [0.2, 0.25) is 0 Å². The van der Waals surface area contributed by atoms with E-state index < -0.39 is 4.92 Å². The molecule has 0 aliphatic heterocycles. The minimum absolute atomic E-state index is 0.0467. The molecule has 0 aliphatic carbocycles. The molecule has 0 saturated carbocycles. The van der Waals surface area contributed by atoms with Gasteiger partial charge >= 0.3 is 5.82 Å². The average molecular weight is 198 g/mol. The van der Waals surface area contributed by atoms with Crippen LogP contribution in [0.15, 0.2) is 6.33 Å². The molecule has 6 nitrogen and oxygen atoms in total. The molecular weight excluding hydrogens is 184 g/mol. The van der Waals surface area contributed by atoms with E-state index in [0.717, 1.165) is 0 Å². The lowest BCUT2D eigenvalue weighted by molar-refractivity contribution is -0.390. The van der Waals surface area contributed by atoms with Crippen LogP contribution in [0.25, 0.3) is 0 Å². The normalized spacial score (nSPS) is 12.8. The Morgan fingerprint density at radius 3 is 2.93 bits per heavy atom. The van der Waals surface area contributed by atoms with E-state index in [4.69, 9.17) is 0 Å². The monoisotopic (exact) mass is 198 g/mol. The summed E-state index contributed by atoms with van der Waals surface area (Å²) in [5.74, 6) is -0.0467. The topological polar surface area (TPSA) is 73.0 Å². The first-order chi connectivity index (χ1) is 6.56. The molecule has 1 unspecified atom stereocenters. The van der Waals surface area contributed by atoms with Crippen LogP contribution in [-0.2, 0) is 13.5 Å². The van der Waals surface area contributed by atoms with Crippen LogP contribution in [0.1, 0.15) is 12.6 Å². The largest absolute Gasteiger partial charge is 0.384 e. The Morgan fingerprint density at radius 2 is 2.43 bits per heavy atom. The number of rotatable bonds is 4. The van der Waals surface area contributed by atoms with Crippen LogP contribution in [0.5, 0.6) is 0 Å². The fraction of sp³-hybridized carbons (Fsp3) is 0.625. The molecule has 78 valence electrons. The van der Waals surface area contributed by atoms with Gasteiger partial charge in [-0.3, -0.25) is 0 Å². The smallest absolute Gasteiger partial charge is 0.358 e. The van der Waals surface area contributed by atoms with Crippen molar-refractivity contribution < 1.29 is 4.92 Å². The standard InChI is InChI=1S/C8H14N4O2/c1-6(9-2)4-7-8(12(13)14)10-5-11(7)3/h5-6,9H,4H2,1-3H3. The Balaban J connectivity index is 2.93. The average Bonchev–Trinajstić information content (AvgIpc) is 2.48. The number of aromatic nitrogens is 2. The number of imidazole rings is 1. The van der Waals surface area contributed by atoms with Crippen LogP contribution < -0.4 is 5.32 Å². The van der Waals surface area contributed by atoms with Crippen LogP contribution >= 0.6 is 0 Å². The molecule has 1 aromatic rings. The first-order valence-corrected chi connectivity index (χ1v) is 4.38. The molecule has 0 aliphatic rings. The van der Waals surface area contributed by atoms with E-state index in [1.807, 2.05) is 14.0 Å². The molecule has 1 rings (SSSR count). The Hall–Kier alpha value is -1.43. The van der Waals surface area contributed by atoms with Gasteiger partial charge in [0.1, 0.15) is 5.69 Å². The number of aryl methyl sites for hydroxylation is 1. The summed E-state index contributed by atoms with van der Waals surface area (Å²) < 4.78 is 1.69. The number of hydrogen-bond acceptors (Lipinski definition) is 4. The van der Waals surface area contributed by atoms with Gasteiger partial charge in [0.15, 0.2) is 0 Å². The van der Waals surface area contributed by atoms with Crippen LogP contribution in [0, 0.1) is 10.1 Å². The molecule has 1 aromatic heterocycles. The van der Waals surface area contributed by atoms with Crippen LogP contribution in [-0.4, -0.2) is 27.6 Å². The fourth-order valence-electron chi connectivity index (χ4n) is 1.22. The zero-order valence-electron chi connectivity index (χ0n) is 8.52. The molecule has 14 heavy (non-hydrogen) atoms. The van der Waals surface area contributed by atoms with Crippen molar-refractivity contribution >= 4 is 5.82 Å². The second-order valence-electron chi connectivity index (χ2n) is 3.28. The van der Waals surface area contributed by atoms with Crippen molar-refractivity contribution in [3.63, 3.8) is 0 Å². The van der Waals surface area contributed by atoms with Gasteiger partial charge in [0, 0.05) is 19.5 Å². The lowest BCUT2D eigenvalue weighted by Gasteiger charge is -2.09. The van der Waals surface area contributed by atoms with E-state index in [9.17, 15) is 10.1 Å². The molecule has 0 fully saturated rings. The van der Waals surface area contributed by atoms with E-state index >= 15 is 0 Å². The van der Waals surface area contributed by atoms with Crippen molar-refractivity contribution in [1.29, 1.82) is 0 Å². The molecule has 0 spiro atoms. The summed E-state index contributed by atoms with van der Waals surface area (Å²) in [6, 6.07) is 0.198. The number of likely N-dealkylation sites (N-methyl/N-ethyl adjacent to an activating group) is 1. The highest BCUT2D eigenvalue weighted by molar-refractivity contribution is 5.27. The highest BCUT2D eigenvalue weighted by Crippen LogP contribution is 2.16. The molecule has 1 N–H and O–H groups in total. The van der Waals surface area contributed by atoms with Gasteiger partial charge < -0.3 is 20.0 Å². The number of hydrogen-bond donors (Lipinski definition) is 1. The van der Waals surface area contributed by atoms with Crippen molar-refractivity contribution in [3.8, 4) is 0 Å². The van der Waals surface area contributed by atoms with Gasteiger partial charge in [-0.1, -0.05) is 0 Å². The minimum atomic E-state index is -0.447. The van der Waals surface area contributed by atoms with E-state index in [0.29, 0.717) is 12.1 Å². The lowest BCUT2D eigenvalue weighted by atomic mass is 10.2. The molecule has 0 radical (unpaired) electrons. The van der Waals surface area contributed by atoms with E-state index in [2.05, 4.69) is 10.3 Å². The van der Waals surface area contributed by atoms with Gasteiger partial charge in [0.25, 0.3) is 0 Å². The van der Waals surface area contributed by atoms with Gasteiger partial charge in [0.05, 0.1) is 0 Å².